The second-order valence-electron chi connectivity index (χ2n) is 12.3. The van der Waals surface area contributed by atoms with Gasteiger partial charge in [-0.3, -0.25) is 0 Å². The maximum absolute atomic E-state index is 10.5. The molecule has 0 amide bonds. The van der Waals surface area contributed by atoms with Gasteiger partial charge in [0.25, 0.3) is 0 Å². The number of rotatable bonds is 4. The van der Waals surface area contributed by atoms with Gasteiger partial charge in [-0.2, -0.15) is 15.8 Å². The van der Waals surface area contributed by atoms with Crippen molar-refractivity contribution in [2.24, 2.45) is 0 Å². The number of para-hydroxylation sites is 3. The predicted molar refractivity (Wildman–Crippen MR) is 200 cm³/mol. The van der Waals surface area contributed by atoms with E-state index < -0.39 is 0 Å². The second-order valence-corrected chi connectivity index (χ2v) is 12.3. The molecule has 0 saturated heterocycles. The highest BCUT2D eigenvalue weighted by atomic mass is 15.0. The monoisotopic (exact) mass is 635 g/mol. The fourth-order valence-corrected chi connectivity index (χ4v) is 7.49. The third-order valence-electron chi connectivity index (χ3n) is 9.62. The lowest BCUT2D eigenvalue weighted by Gasteiger charge is -2.18. The quantitative estimate of drug-likeness (QED) is 0.193. The summed E-state index contributed by atoms with van der Waals surface area (Å²) in [4.78, 5) is 0. The number of benzene rings is 7. The Labute approximate surface area is 287 Å². The van der Waals surface area contributed by atoms with Crippen LogP contribution < -0.4 is 0 Å². The van der Waals surface area contributed by atoms with Gasteiger partial charge in [-0.25, -0.2) is 0 Å². The molecule has 0 unspecified atom stereocenters. The summed E-state index contributed by atoms with van der Waals surface area (Å²) in [5, 5.41) is 34.3. The number of hydrogen-bond acceptors (Lipinski definition) is 3. The first-order chi connectivity index (χ1) is 24.7. The van der Waals surface area contributed by atoms with Crippen LogP contribution in [0.15, 0.2) is 152 Å². The topological polar surface area (TPSA) is 81.2 Å². The molecule has 9 aromatic rings. The molecule has 9 rings (SSSR count). The third-order valence-corrected chi connectivity index (χ3v) is 9.62. The van der Waals surface area contributed by atoms with Crippen molar-refractivity contribution < 1.29 is 0 Å². The number of nitriles is 3. The SMILES string of the molecule is N#Cc1ccc2c(c1)c1ccccc1n2-c1cccc(-c2cccc(C#N)c2-c2ccccc2-n2c3ccccc3c3ccc(C#N)cc32)c1. The predicted octanol–water partition coefficient (Wildman–Crippen LogP) is 10.8. The van der Waals surface area contributed by atoms with Gasteiger partial charge in [0.15, 0.2) is 0 Å². The van der Waals surface area contributed by atoms with E-state index in [2.05, 4.69) is 94.1 Å². The van der Waals surface area contributed by atoms with E-state index in [0.29, 0.717) is 16.7 Å². The highest BCUT2D eigenvalue weighted by Gasteiger charge is 2.21. The van der Waals surface area contributed by atoms with Crippen LogP contribution in [-0.2, 0) is 0 Å². The first kappa shape index (κ1) is 28.8. The van der Waals surface area contributed by atoms with Gasteiger partial charge >= 0.3 is 0 Å². The highest BCUT2D eigenvalue weighted by Crippen LogP contribution is 2.42. The van der Waals surface area contributed by atoms with Gasteiger partial charge in [0, 0.05) is 38.4 Å². The van der Waals surface area contributed by atoms with Crippen LogP contribution >= 0.6 is 0 Å². The lowest BCUT2D eigenvalue weighted by Crippen LogP contribution is -2.00. The number of nitrogens with zero attached hydrogens (tertiary/aromatic N) is 5. The van der Waals surface area contributed by atoms with Crippen molar-refractivity contribution in [3.63, 3.8) is 0 Å². The molecule has 0 aliphatic carbocycles. The van der Waals surface area contributed by atoms with Crippen LogP contribution in [0, 0.1) is 34.0 Å². The van der Waals surface area contributed by atoms with Crippen molar-refractivity contribution in [3.8, 4) is 51.8 Å². The van der Waals surface area contributed by atoms with E-state index in [4.69, 9.17) is 0 Å². The van der Waals surface area contributed by atoms with Crippen molar-refractivity contribution in [2.45, 2.75) is 0 Å². The van der Waals surface area contributed by atoms with E-state index in [1.807, 2.05) is 84.9 Å². The summed E-state index contributed by atoms with van der Waals surface area (Å²) >= 11 is 0. The van der Waals surface area contributed by atoms with E-state index in [1.54, 1.807) is 0 Å². The maximum atomic E-state index is 10.5. The number of hydrogen-bond donors (Lipinski definition) is 0. The molecule has 0 N–H and O–H groups in total. The molecule has 0 atom stereocenters. The Morgan fingerprint density at radius 3 is 1.82 bits per heavy atom. The standard InChI is InChI=1S/C45H25N5/c46-26-29-20-22-43-39(23-29)36-13-2-4-16-40(36)49(43)33-11-7-9-31(25-33)34-15-8-10-32(28-48)45(34)38-14-3-6-18-42(38)50-41-17-5-1-12-35(41)37-21-19-30(27-47)24-44(37)50/h1-25H. The number of aromatic nitrogens is 2. The Morgan fingerprint density at radius 1 is 0.400 bits per heavy atom. The zero-order chi connectivity index (χ0) is 33.8. The molecule has 0 saturated carbocycles. The Kier molecular flexibility index (Phi) is 6.56. The van der Waals surface area contributed by atoms with Crippen molar-refractivity contribution in [1.29, 1.82) is 15.8 Å². The number of fused-ring (bicyclic) bond motifs is 6. The zero-order valence-electron chi connectivity index (χ0n) is 26.7. The zero-order valence-corrected chi connectivity index (χ0v) is 26.7. The minimum Gasteiger partial charge on any atom is -0.309 e. The van der Waals surface area contributed by atoms with Gasteiger partial charge in [0.05, 0.1) is 62.7 Å². The van der Waals surface area contributed by atoms with Crippen LogP contribution in [0.1, 0.15) is 16.7 Å². The molecular formula is C45H25N5. The molecule has 0 aliphatic rings. The van der Waals surface area contributed by atoms with Gasteiger partial charge in [0.2, 0.25) is 0 Å². The van der Waals surface area contributed by atoms with Crippen LogP contribution in [-0.4, -0.2) is 9.13 Å². The second kappa shape index (κ2) is 11.4. The fourth-order valence-electron chi connectivity index (χ4n) is 7.49. The lowest BCUT2D eigenvalue weighted by molar-refractivity contribution is 1.18. The normalized spacial score (nSPS) is 11.1. The highest BCUT2D eigenvalue weighted by molar-refractivity contribution is 6.11. The molecule has 5 nitrogen and oxygen atoms in total. The summed E-state index contributed by atoms with van der Waals surface area (Å²) in [6.45, 7) is 0. The average molecular weight is 636 g/mol. The van der Waals surface area contributed by atoms with Gasteiger partial charge in [-0.15, -0.1) is 0 Å². The first-order valence-corrected chi connectivity index (χ1v) is 16.3. The van der Waals surface area contributed by atoms with Crippen LogP contribution in [0.5, 0.6) is 0 Å². The summed E-state index contributed by atoms with van der Waals surface area (Å²) in [5.41, 5.74) is 11.4. The minimum atomic E-state index is 0.569. The molecule has 2 heterocycles. The van der Waals surface area contributed by atoms with Crippen LogP contribution in [0.2, 0.25) is 0 Å². The Morgan fingerprint density at radius 2 is 1.02 bits per heavy atom. The summed E-state index contributed by atoms with van der Waals surface area (Å²) in [7, 11) is 0. The third kappa shape index (κ3) is 4.31. The van der Waals surface area contributed by atoms with E-state index in [-0.39, 0.29) is 0 Å². The first-order valence-electron chi connectivity index (χ1n) is 16.3. The Balaban J connectivity index is 1.30. The van der Waals surface area contributed by atoms with Gasteiger partial charge in [0.1, 0.15) is 0 Å². The van der Waals surface area contributed by atoms with Crippen LogP contribution in [0.4, 0.5) is 0 Å². The van der Waals surface area contributed by atoms with Crippen molar-refractivity contribution >= 4 is 43.6 Å². The van der Waals surface area contributed by atoms with Gasteiger partial charge in [-0.05, 0) is 77.9 Å². The summed E-state index contributed by atoms with van der Waals surface area (Å²) < 4.78 is 4.45. The fraction of sp³-hybridized carbons (Fsp3) is 0. The maximum Gasteiger partial charge on any atom is 0.0998 e. The Hall–Kier alpha value is -7.39. The molecule has 50 heavy (non-hydrogen) atoms. The molecule has 0 spiro atoms. The summed E-state index contributed by atoms with van der Waals surface area (Å²) in [6, 6.07) is 57.8. The van der Waals surface area contributed by atoms with Crippen molar-refractivity contribution in [1.82, 2.24) is 9.13 Å². The average Bonchev–Trinajstić information content (AvgIpc) is 3.69. The van der Waals surface area contributed by atoms with E-state index in [9.17, 15) is 15.8 Å². The van der Waals surface area contributed by atoms with E-state index in [0.717, 1.165) is 77.2 Å². The van der Waals surface area contributed by atoms with E-state index in [1.165, 1.54) is 0 Å². The van der Waals surface area contributed by atoms with Crippen molar-refractivity contribution in [2.75, 3.05) is 0 Å². The lowest BCUT2D eigenvalue weighted by atomic mass is 9.89. The minimum absolute atomic E-state index is 0.569. The largest absolute Gasteiger partial charge is 0.309 e. The van der Waals surface area contributed by atoms with Crippen LogP contribution in [0.3, 0.4) is 0 Å². The molecule has 0 fully saturated rings. The summed E-state index contributed by atoms with van der Waals surface area (Å²) in [6.07, 6.45) is 0. The molecule has 7 aromatic carbocycles. The molecule has 5 heteroatoms. The molecule has 0 aliphatic heterocycles. The smallest absolute Gasteiger partial charge is 0.0998 e. The molecule has 0 bridgehead atoms. The van der Waals surface area contributed by atoms with Crippen LogP contribution in [0.25, 0.3) is 77.2 Å². The van der Waals surface area contributed by atoms with Gasteiger partial charge < -0.3 is 9.13 Å². The molecule has 0 radical (unpaired) electrons. The van der Waals surface area contributed by atoms with E-state index >= 15 is 0 Å². The Bertz CT molecular complexity index is 2970. The van der Waals surface area contributed by atoms with Gasteiger partial charge in [-0.1, -0.05) is 84.9 Å². The summed E-state index contributed by atoms with van der Waals surface area (Å²) in [5.74, 6) is 0. The molecule has 230 valence electrons. The van der Waals surface area contributed by atoms with Crippen molar-refractivity contribution in [3.05, 3.63) is 168 Å². The molecule has 2 aromatic heterocycles. The molecular weight excluding hydrogens is 611 g/mol.